The van der Waals surface area contributed by atoms with Crippen LogP contribution in [0.5, 0.6) is 0 Å². The van der Waals surface area contributed by atoms with Crippen molar-refractivity contribution in [3.05, 3.63) is 24.3 Å². The van der Waals surface area contributed by atoms with Crippen molar-refractivity contribution >= 4 is 0 Å². The molecule has 0 aliphatic heterocycles. The maximum atomic E-state index is 3.33. The van der Waals surface area contributed by atoms with Crippen molar-refractivity contribution in [3.8, 4) is 0 Å². The van der Waals surface area contributed by atoms with Gasteiger partial charge in [-0.3, -0.25) is 0 Å². The lowest BCUT2D eigenvalue weighted by Crippen LogP contribution is -2.43. The summed E-state index contributed by atoms with van der Waals surface area (Å²) in [5, 5.41) is 3.33. The molecule has 1 nitrogen and oxygen atoms in total. The van der Waals surface area contributed by atoms with E-state index in [0.717, 1.165) is 6.42 Å². The number of nitrogens with one attached hydrogen (secondary N) is 1. The molecule has 1 heteroatoms. The van der Waals surface area contributed by atoms with Gasteiger partial charge in [-0.2, -0.15) is 0 Å². The molecule has 1 rings (SSSR count). The van der Waals surface area contributed by atoms with Crippen LogP contribution < -0.4 is 5.32 Å². The SMILES string of the molecule is CNC(C)(C)C1C=CC=CC1. The van der Waals surface area contributed by atoms with Crippen LogP contribution in [0.2, 0.25) is 0 Å². The van der Waals surface area contributed by atoms with Gasteiger partial charge in [-0.05, 0) is 33.2 Å². The minimum atomic E-state index is 0.223. The van der Waals surface area contributed by atoms with Crippen LogP contribution in [-0.2, 0) is 0 Å². The molecule has 0 bridgehead atoms. The molecule has 0 aromatic heterocycles. The first-order chi connectivity index (χ1) is 5.17. The third-order valence-corrected chi connectivity index (χ3v) is 2.55. The lowest BCUT2D eigenvalue weighted by Gasteiger charge is -2.32. The Labute approximate surface area is 69.2 Å². The molecule has 62 valence electrons. The van der Waals surface area contributed by atoms with Crippen molar-refractivity contribution in [2.75, 3.05) is 7.05 Å². The number of hydrogen-bond acceptors (Lipinski definition) is 1. The third kappa shape index (κ3) is 1.93. The summed E-state index contributed by atoms with van der Waals surface area (Å²) in [5.74, 6) is 0.637. The summed E-state index contributed by atoms with van der Waals surface area (Å²) in [6.07, 6.45) is 9.90. The minimum absolute atomic E-state index is 0.223. The topological polar surface area (TPSA) is 12.0 Å². The Morgan fingerprint density at radius 2 is 2.09 bits per heavy atom. The lowest BCUT2D eigenvalue weighted by atomic mass is 9.83. The Balaban J connectivity index is 2.61. The summed E-state index contributed by atoms with van der Waals surface area (Å²) in [5.41, 5.74) is 0.223. The van der Waals surface area contributed by atoms with E-state index in [0.29, 0.717) is 5.92 Å². The Morgan fingerprint density at radius 3 is 2.55 bits per heavy atom. The fraction of sp³-hybridized carbons (Fsp3) is 0.600. The molecule has 1 aliphatic rings. The van der Waals surface area contributed by atoms with E-state index in [4.69, 9.17) is 0 Å². The highest BCUT2D eigenvalue weighted by Crippen LogP contribution is 2.23. The van der Waals surface area contributed by atoms with Crippen molar-refractivity contribution < 1.29 is 0 Å². The molecular weight excluding hydrogens is 134 g/mol. The first kappa shape index (κ1) is 8.54. The number of hydrogen-bond donors (Lipinski definition) is 1. The van der Waals surface area contributed by atoms with Gasteiger partial charge < -0.3 is 5.32 Å². The van der Waals surface area contributed by atoms with E-state index in [1.54, 1.807) is 0 Å². The second kappa shape index (κ2) is 3.22. The van der Waals surface area contributed by atoms with Crippen LogP contribution in [0.3, 0.4) is 0 Å². The Kier molecular flexibility index (Phi) is 2.50. The van der Waals surface area contributed by atoms with Crippen LogP contribution in [0.4, 0.5) is 0 Å². The maximum Gasteiger partial charge on any atom is 0.0187 e. The normalized spacial score (nSPS) is 24.1. The van der Waals surface area contributed by atoms with E-state index in [1.165, 1.54) is 0 Å². The van der Waals surface area contributed by atoms with Crippen LogP contribution in [0.15, 0.2) is 24.3 Å². The van der Waals surface area contributed by atoms with Crippen molar-refractivity contribution in [1.29, 1.82) is 0 Å². The van der Waals surface area contributed by atoms with Crippen LogP contribution in [0, 0.1) is 5.92 Å². The van der Waals surface area contributed by atoms with Gasteiger partial charge in [0.25, 0.3) is 0 Å². The van der Waals surface area contributed by atoms with Gasteiger partial charge in [-0.15, -0.1) is 0 Å². The Bertz CT molecular complexity index is 177. The highest BCUT2D eigenvalue weighted by atomic mass is 14.9. The quantitative estimate of drug-likeness (QED) is 0.637. The molecule has 0 amide bonds. The van der Waals surface area contributed by atoms with Gasteiger partial charge in [0.2, 0.25) is 0 Å². The molecule has 1 unspecified atom stereocenters. The smallest absolute Gasteiger partial charge is 0.0187 e. The molecule has 0 aromatic rings. The highest BCUT2D eigenvalue weighted by Gasteiger charge is 2.24. The predicted molar refractivity (Wildman–Crippen MR) is 49.5 cm³/mol. The summed E-state index contributed by atoms with van der Waals surface area (Å²) in [4.78, 5) is 0. The molecule has 11 heavy (non-hydrogen) atoms. The zero-order chi connectivity index (χ0) is 8.32. The van der Waals surface area contributed by atoms with Crippen LogP contribution >= 0.6 is 0 Å². The molecule has 0 fully saturated rings. The van der Waals surface area contributed by atoms with E-state index in [9.17, 15) is 0 Å². The molecule has 1 N–H and O–H groups in total. The summed E-state index contributed by atoms with van der Waals surface area (Å²) >= 11 is 0. The van der Waals surface area contributed by atoms with Crippen LogP contribution in [-0.4, -0.2) is 12.6 Å². The fourth-order valence-corrected chi connectivity index (χ4v) is 1.30. The first-order valence-corrected chi connectivity index (χ1v) is 4.19. The number of rotatable bonds is 2. The van der Waals surface area contributed by atoms with Gasteiger partial charge in [0.1, 0.15) is 0 Å². The predicted octanol–water partition coefficient (Wildman–Crippen LogP) is 2.12. The molecule has 0 saturated carbocycles. The number of allylic oxidation sites excluding steroid dienone is 3. The van der Waals surface area contributed by atoms with Crippen LogP contribution in [0.1, 0.15) is 20.3 Å². The van der Waals surface area contributed by atoms with E-state index < -0.39 is 0 Å². The molecule has 0 aromatic carbocycles. The molecule has 0 radical (unpaired) electrons. The molecule has 0 saturated heterocycles. The van der Waals surface area contributed by atoms with E-state index >= 15 is 0 Å². The zero-order valence-corrected chi connectivity index (χ0v) is 7.59. The van der Waals surface area contributed by atoms with Crippen molar-refractivity contribution in [2.45, 2.75) is 25.8 Å². The molecule has 1 aliphatic carbocycles. The minimum Gasteiger partial charge on any atom is -0.314 e. The average Bonchev–Trinajstić information content (AvgIpc) is 2.06. The average molecular weight is 151 g/mol. The second-order valence-electron chi connectivity index (χ2n) is 3.63. The highest BCUT2D eigenvalue weighted by molar-refractivity contribution is 5.14. The van der Waals surface area contributed by atoms with Crippen molar-refractivity contribution in [1.82, 2.24) is 5.32 Å². The van der Waals surface area contributed by atoms with E-state index in [-0.39, 0.29) is 5.54 Å². The molecule has 0 spiro atoms. The van der Waals surface area contributed by atoms with Gasteiger partial charge >= 0.3 is 0 Å². The van der Waals surface area contributed by atoms with Crippen molar-refractivity contribution in [2.24, 2.45) is 5.92 Å². The fourth-order valence-electron chi connectivity index (χ4n) is 1.30. The summed E-state index contributed by atoms with van der Waals surface area (Å²) in [7, 11) is 2.02. The van der Waals surface area contributed by atoms with Gasteiger partial charge in [0.05, 0.1) is 0 Å². The summed E-state index contributed by atoms with van der Waals surface area (Å²) in [6.45, 7) is 4.47. The Morgan fingerprint density at radius 1 is 1.36 bits per heavy atom. The lowest BCUT2D eigenvalue weighted by molar-refractivity contribution is 0.319. The van der Waals surface area contributed by atoms with Gasteiger partial charge in [0.15, 0.2) is 0 Å². The second-order valence-corrected chi connectivity index (χ2v) is 3.63. The third-order valence-electron chi connectivity index (χ3n) is 2.55. The largest absolute Gasteiger partial charge is 0.314 e. The van der Waals surface area contributed by atoms with Crippen LogP contribution in [0.25, 0.3) is 0 Å². The first-order valence-electron chi connectivity index (χ1n) is 4.19. The van der Waals surface area contributed by atoms with Gasteiger partial charge in [0, 0.05) is 5.54 Å². The standard InChI is InChI=1S/C10H17N/c1-10(2,11-3)9-7-5-4-6-8-9/h4-7,9,11H,8H2,1-3H3. The molecule has 0 heterocycles. The zero-order valence-electron chi connectivity index (χ0n) is 7.59. The maximum absolute atomic E-state index is 3.33. The van der Waals surface area contributed by atoms with E-state index in [1.807, 2.05) is 7.05 Å². The summed E-state index contributed by atoms with van der Waals surface area (Å²) < 4.78 is 0. The molecular formula is C10H17N. The Hall–Kier alpha value is -0.560. The van der Waals surface area contributed by atoms with Gasteiger partial charge in [-0.1, -0.05) is 24.3 Å². The summed E-state index contributed by atoms with van der Waals surface area (Å²) in [6, 6.07) is 0. The molecule has 1 atom stereocenters. The van der Waals surface area contributed by atoms with Gasteiger partial charge in [-0.25, -0.2) is 0 Å². The van der Waals surface area contributed by atoms with Crippen molar-refractivity contribution in [3.63, 3.8) is 0 Å². The monoisotopic (exact) mass is 151 g/mol. The van der Waals surface area contributed by atoms with E-state index in [2.05, 4.69) is 43.5 Å².